The lowest BCUT2D eigenvalue weighted by Crippen LogP contribution is -2.26. The van der Waals surface area contributed by atoms with Gasteiger partial charge in [0.25, 0.3) is 0 Å². The summed E-state index contributed by atoms with van der Waals surface area (Å²) in [5.74, 6) is -0.867. The van der Waals surface area contributed by atoms with Crippen LogP contribution in [-0.2, 0) is 27.7 Å². The van der Waals surface area contributed by atoms with Gasteiger partial charge < -0.3 is 5.11 Å². The van der Waals surface area contributed by atoms with Crippen molar-refractivity contribution in [1.29, 1.82) is 0 Å². The minimum Gasteiger partial charge on any atom is -0.481 e. The summed E-state index contributed by atoms with van der Waals surface area (Å²) in [6.45, 7) is 4.38. The van der Waals surface area contributed by atoms with Crippen molar-refractivity contribution in [3.63, 3.8) is 0 Å². The molecule has 0 aliphatic carbocycles. The Hall–Kier alpha value is -3.29. The number of sulfonamides is 1. The highest BCUT2D eigenvalue weighted by Gasteiger charge is 2.13. The van der Waals surface area contributed by atoms with E-state index in [-0.39, 0.29) is 17.9 Å². The number of hydrogen-bond donors (Lipinski definition) is 2. The van der Waals surface area contributed by atoms with Gasteiger partial charge >= 0.3 is 5.97 Å². The predicted octanol–water partition coefficient (Wildman–Crippen LogP) is 3.68. The number of nitrogens with zero attached hydrogens (tertiary/aromatic N) is 1. The number of hydrogen-bond acceptors (Lipinski definition) is 4. The zero-order chi connectivity index (χ0) is 22.3. The lowest BCUT2D eigenvalue weighted by Gasteiger charge is -2.13. The molecule has 3 rings (SSSR count). The molecule has 0 saturated heterocycles. The monoisotopic (exact) mass is 436 g/mol. The van der Waals surface area contributed by atoms with E-state index in [4.69, 9.17) is 5.11 Å². The summed E-state index contributed by atoms with van der Waals surface area (Å²) in [7, 11) is -3.58. The van der Waals surface area contributed by atoms with E-state index < -0.39 is 16.0 Å². The van der Waals surface area contributed by atoms with Crippen LogP contribution in [0.4, 0.5) is 0 Å². The molecule has 0 bridgehead atoms. The van der Waals surface area contributed by atoms with Crippen LogP contribution in [0.3, 0.4) is 0 Å². The maximum absolute atomic E-state index is 12.4. The van der Waals surface area contributed by atoms with Gasteiger partial charge in [-0.05, 0) is 58.9 Å². The number of carboxylic acid groups (broad SMARTS) is 1. The molecule has 2 N–H and O–H groups in total. The molecular weight excluding hydrogens is 412 g/mol. The van der Waals surface area contributed by atoms with E-state index in [2.05, 4.69) is 16.3 Å². The highest BCUT2D eigenvalue weighted by molar-refractivity contribution is 7.89. The maximum Gasteiger partial charge on any atom is 0.303 e. The summed E-state index contributed by atoms with van der Waals surface area (Å²) in [5.41, 5.74) is 4.27. The minimum absolute atomic E-state index is 0.0168. The van der Waals surface area contributed by atoms with Crippen molar-refractivity contribution in [2.75, 3.05) is 6.54 Å². The average molecular weight is 437 g/mol. The summed E-state index contributed by atoms with van der Waals surface area (Å²) in [5, 5.41) is 9.04. The molecule has 0 unspecified atom stereocenters. The first-order valence-electron chi connectivity index (χ1n) is 9.84. The van der Waals surface area contributed by atoms with Gasteiger partial charge in [-0.25, -0.2) is 13.1 Å². The molecule has 0 spiro atoms. The lowest BCUT2D eigenvalue weighted by molar-refractivity contribution is -0.136. The molecule has 6 nitrogen and oxygen atoms in total. The summed E-state index contributed by atoms with van der Waals surface area (Å²) in [6.07, 6.45) is 4.26. The van der Waals surface area contributed by atoms with Gasteiger partial charge in [-0.15, -0.1) is 0 Å². The van der Waals surface area contributed by atoms with Crippen LogP contribution in [0.15, 0.2) is 84.5 Å². The molecule has 31 heavy (non-hydrogen) atoms. The third kappa shape index (κ3) is 6.34. The highest BCUT2D eigenvalue weighted by Crippen LogP contribution is 2.24. The van der Waals surface area contributed by atoms with Crippen molar-refractivity contribution in [2.45, 2.75) is 24.2 Å². The van der Waals surface area contributed by atoms with Crippen molar-refractivity contribution < 1.29 is 18.3 Å². The normalized spacial score (nSPS) is 11.2. The second kappa shape index (κ2) is 10.1. The molecule has 0 saturated carbocycles. The molecule has 160 valence electrons. The van der Waals surface area contributed by atoms with Gasteiger partial charge in [0.15, 0.2) is 0 Å². The molecule has 0 amide bonds. The van der Waals surface area contributed by atoms with Crippen molar-refractivity contribution >= 4 is 21.6 Å². The summed E-state index contributed by atoms with van der Waals surface area (Å²) in [4.78, 5) is 15.4. The van der Waals surface area contributed by atoms with Gasteiger partial charge in [0.1, 0.15) is 0 Å². The van der Waals surface area contributed by atoms with E-state index in [1.807, 2.05) is 30.3 Å². The van der Waals surface area contributed by atoms with E-state index in [1.165, 1.54) is 0 Å². The van der Waals surface area contributed by atoms with Crippen LogP contribution in [0.2, 0.25) is 0 Å². The Morgan fingerprint density at radius 1 is 0.968 bits per heavy atom. The Bertz CT molecular complexity index is 1160. The van der Waals surface area contributed by atoms with Crippen molar-refractivity contribution in [3.05, 3.63) is 102 Å². The first-order chi connectivity index (χ1) is 14.8. The fraction of sp³-hybridized carbons (Fsp3) is 0.167. The molecular formula is C24H24N2O4S. The number of carboxylic acids is 1. The van der Waals surface area contributed by atoms with Gasteiger partial charge in [-0.1, -0.05) is 49.0 Å². The van der Waals surface area contributed by atoms with Crippen LogP contribution < -0.4 is 4.72 Å². The van der Waals surface area contributed by atoms with E-state index in [9.17, 15) is 13.2 Å². The summed E-state index contributed by atoms with van der Waals surface area (Å²) < 4.78 is 27.5. The fourth-order valence-electron chi connectivity index (χ4n) is 3.20. The Balaban J connectivity index is 1.79. The quantitative estimate of drug-likeness (QED) is 0.505. The number of aromatic nitrogens is 1. The van der Waals surface area contributed by atoms with Crippen LogP contribution in [-0.4, -0.2) is 31.0 Å². The molecule has 0 atom stereocenters. The van der Waals surface area contributed by atoms with Gasteiger partial charge in [-0.2, -0.15) is 0 Å². The van der Waals surface area contributed by atoms with Crippen molar-refractivity contribution in [2.24, 2.45) is 0 Å². The molecule has 2 aromatic carbocycles. The maximum atomic E-state index is 12.4. The topological polar surface area (TPSA) is 96.4 Å². The third-order valence-electron chi connectivity index (χ3n) is 4.80. The van der Waals surface area contributed by atoms with E-state index in [1.54, 1.807) is 42.7 Å². The van der Waals surface area contributed by atoms with E-state index in [0.29, 0.717) is 12.8 Å². The Morgan fingerprint density at radius 2 is 1.68 bits per heavy atom. The number of aliphatic carboxylic acids is 1. The van der Waals surface area contributed by atoms with E-state index >= 15 is 0 Å². The molecule has 3 aromatic rings. The zero-order valence-electron chi connectivity index (χ0n) is 17.0. The summed E-state index contributed by atoms with van der Waals surface area (Å²) in [6, 6.07) is 17.7. The highest BCUT2D eigenvalue weighted by atomic mass is 32.2. The van der Waals surface area contributed by atoms with Crippen LogP contribution in [0.5, 0.6) is 0 Å². The number of carbonyl (C=O) groups is 1. The zero-order valence-corrected chi connectivity index (χ0v) is 17.8. The molecule has 0 aliphatic rings. The van der Waals surface area contributed by atoms with Crippen LogP contribution in [0.1, 0.15) is 28.7 Å². The molecule has 0 radical (unpaired) electrons. The smallest absolute Gasteiger partial charge is 0.303 e. The Labute approximate surface area is 182 Å². The van der Waals surface area contributed by atoms with Crippen LogP contribution >= 0.6 is 0 Å². The molecule has 7 heteroatoms. The lowest BCUT2D eigenvalue weighted by atomic mass is 9.94. The molecule has 1 aromatic heterocycles. The molecule has 1 heterocycles. The number of nitrogens with one attached hydrogen (secondary N) is 1. The van der Waals surface area contributed by atoms with Gasteiger partial charge in [0.05, 0.1) is 4.90 Å². The van der Waals surface area contributed by atoms with Crippen LogP contribution in [0.25, 0.3) is 5.57 Å². The first kappa shape index (κ1) is 22.4. The standard InChI is InChI=1S/C24H24N2O4S/c1-18(21-6-5-12-25-17-21)22-15-19(9-10-24(27)28)14-20(16-22)11-13-26-31(29,30)23-7-3-2-4-8-23/h2-8,12,14-17,26H,1,9-11,13H2,(H,27,28). The SMILES string of the molecule is C=C(c1cccnc1)c1cc(CCNS(=O)(=O)c2ccccc2)cc(CCC(=O)O)c1. The second-order valence-corrected chi connectivity index (χ2v) is 8.88. The second-order valence-electron chi connectivity index (χ2n) is 7.11. The van der Waals surface area contributed by atoms with Crippen LogP contribution in [0, 0.1) is 0 Å². The van der Waals surface area contributed by atoms with E-state index in [0.717, 1.165) is 27.8 Å². The number of benzene rings is 2. The van der Waals surface area contributed by atoms with Gasteiger partial charge in [-0.3, -0.25) is 9.78 Å². The Morgan fingerprint density at radius 3 is 2.32 bits per heavy atom. The average Bonchev–Trinajstić information content (AvgIpc) is 2.78. The Kier molecular flexibility index (Phi) is 7.33. The fourth-order valence-corrected chi connectivity index (χ4v) is 4.25. The van der Waals surface area contributed by atoms with Crippen molar-refractivity contribution in [3.8, 4) is 0 Å². The largest absolute Gasteiger partial charge is 0.481 e. The predicted molar refractivity (Wildman–Crippen MR) is 120 cm³/mol. The molecule has 0 aliphatic heterocycles. The van der Waals surface area contributed by atoms with Gasteiger partial charge in [0.2, 0.25) is 10.0 Å². The number of aryl methyl sites for hydroxylation is 1. The number of rotatable bonds is 10. The third-order valence-corrected chi connectivity index (χ3v) is 6.27. The summed E-state index contributed by atoms with van der Waals surface area (Å²) >= 11 is 0. The molecule has 0 fully saturated rings. The van der Waals surface area contributed by atoms with Crippen molar-refractivity contribution in [1.82, 2.24) is 9.71 Å². The number of pyridine rings is 1. The first-order valence-corrected chi connectivity index (χ1v) is 11.3. The van der Waals surface area contributed by atoms with Gasteiger partial charge in [0, 0.05) is 25.4 Å². The minimum atomic E-state index is -3.58.